The van der Waals surface area contributed by atoms with Crippen molar-refractivity contribution in [3.8, 4) is 0 Å². The summed E-state index contributed by atoms with van der Waals surface area (Å²) in [6, 6.07) is 0. The van der Waals surface area contributed by atoms with Crippen molar-refractivity contribution in [2.24, 2.45) is 16.6 Å². The maximum absolute atomic E-state index is 12.2. The number of aliphatic carboxylic acids is 1. The molecule has 1 amide bonds. The second-order valence-electron chi connectivity index (χ2n) is 10.7. The highest BCUT2D eigenvalue weighted by atomic mass is 16.5. The fraction of sp³-hybridized carbons (Fsp3) is 0.905. The number of rotatable bonds is 13. The van der Waals surface area contributed by atoms with Gasteiger partial charge in [-0.1, -0.05) is 27.7 Å². The molecule has 0 aliphatic heterocycles. The molecule has 0 spiro atoms. The summed E-state index contributed by atoms with van der Waals surface area (Å²) in [5, 5.41) is 12.0. The molecule has 0 atom stereocenters. The van der Waals surface area contributed by atoms with Gasteiger partial charge in [-0.15, -0.1) is 0 Å². The Morgan fingerprint density at radius 2 is 1.52 bits per heavy atom. The molecule has 0 saturated heterocycles. The van der Waals surface area contributed by atoms with Gasteiger partial charge in [0, 0.05) is 25.1 Å². The predicted octanol–water partition coefficient (Wildman–Crippen LogP) is 3.72. The van der Waals surface area contributed by atoms with E-state index in [1.807, 2.05) is 41.5 Å². The van der Waals surface area contributed by atoms with Crippen LogP contribution < -0.4 is 11.1 Å². The zero-order valence-corrected chi connectivity index (χ0v) is 18.7. The van der Waals surface area contributed by atoms with E-state index in [-0.39, 0.29) is 34.3 Å². The van der Waals surface area contributed by atoms with E-state index in [4.69, 9.17) is 15.6 Å². The van der Waals surface area contributed by atoms with Crippen LogP contribution in [0.5, 0.6) is 0 Å². The van der Waals surface area contributed by atoms with Crippen LogP contribution in [0.3, 0.4) is 0 Å². The molecule has 0 heterocycles. The van der Waals surface area contributed by atoms with Crippen molar-refractivity contribution >= 4 is 11.9 Å². The van der Waals surface area contributed by atoms with Crippen LogP contribution in [-0.4, -0.2) is 41.3 Å². The lowest BCUT2D eigenvalue weighted by Gasteiger charge is -2.34. The molecule has 0 aromatic carbocycles. The van der Waals surface area contributed by atoms with Gasteiger partial charge in [-0.2, -0.15) is 0 Å². The lowest BCUT2D eigenvalue weighted by Crippen LogP contribution is -2.38. The van der Waals surface area contributed by atoms with Gasteiger partial charge < -0.3 is 20.9 Å². The van der Waals surface area contributed by atoms with E-state index in [1.54, 1.807) is 0 Å². The molecule has 0 radical (unpaired) electrons. The van der Waals surface area contributed by atoms with Gasteiger partial charge in [0.25, 0.3) is 0 Å². The Morgan fingerprint density at radius 3 is 2.00 bits per heavy atom. The maximum Gasteiger partial charge on any atom is 0.303 e. The molecular weight excluding hydrogens is 344 g/mol. The summed E-state index contributed by atoms with van der Waals surface area (Å²) in [7, 11) is 0. The van der Waals surface area contributed by atoms with Crippen LogP contribution >= 0.6 is 0 Å². The average molecular weight is 387 g/mol. The number of nitrogens with two attached hydrogens (primary N) is 1. The number of hydrogen-bond donors (Lipinski definition) is 3. The van der Waals surface area contributed by atoms with E-state index < -0.39 is 5.97 Å². The van der Waals surface area contributed by atoms with Crippen molar-refractivity contribution in [2.75, 3.05) is 13.2 Å². The Kier molecular flexibility index (Phi) is 9.46. The fourth-order valence-corrected chi connectivity index (χ4v) is 3.33. The molecule has 0 rings (SSSR count). The van der Waals surface area contributed by atoms with Gasteiger partial charge >= 0.3 is 5.97 Å². The Morgan fingerprint density at radius 1 is 0.963 bits per heavy atom. The van der Waals surface area contributed by atoms with Crippen molar-refractivity contribution in [2.45, 2.75) is 98.6 Å². The number of hydrogen-bond acceptors (Lipinski definition) is 4. The molecule has 0 aromatic heterocycles. The van der Waals surface area contributed by atoms with Gasteiger partial charge in [0.15, 0.2) is 0 Å². The van der Waals surface area contributed by atoms with E-state index in [0.717, 1.165) is 12.8 Å². The molecule has 4 N–H and O–H groups in total. The molecule has 0 unspecified atom stereocenters. The second-order valence-corrected chi connectivity index (χ2v) is 10.7. The second kappa shape index (κ2) is 9.87. The monoisotopic (exact) mass is 386 g/mol. The van der Waals surface area contributed by atoms with Crippen LogP contribution in [0.15, 0.2) is 0 Å². The van der Waals surface area contributed by atoms with Gasteiger partial charge in [-0.3, -0.25) is 9.59 Å². The standard InChI is InChI=1S/C21H42N2O4/c1-18(2,13-17(25)26)14-19(3,4)15-23-16(24)9-10-21(7,8)27-12-11-20(5,6)22/h9-15,22H2,1-8H3,(H,23,24)(H,25,26). The minimum Gasteiger partial charge on any atom is -0.481 e. The summed E-state index contributed by atoms with van der Waals surface area (Å²) < 4.78 is 5.89. The third-order valence-corrected chi connectivity index (χ3v) is 4.54. The first-order valence-electron chi connectivity index (χ1n) is 9.85. The Hall–Kier alpha value is -1.14. The number of carbonyl (C=O) groups is 2. The summed E-state index contributed by atoms with van der Waals surface area (Å²) in [5.74, 6) is -0.796. The van der Waals surface area contributed by atoms with E-state index in [2.05, 4.69) is 19.2 Å². The number of nitrogens with one attached hydrogen (secondary N) is 1. The highest BCUT2D eigenvalue weighted by molar-refractivity contribution is 5.76. The van der Waals surface area contributed by atoms with Crippen LogP contribution in [0.2, 0.25) is 0 Å². The van der Waals surface area contributed by atoms with Crippen LogP contribution in [0.1, 0.15) is 87.5 Å². The van der Waals surface area contributed by atoms with Crippen LogP contribution in [0.4, 0.5) is 0 Å². The van der Waals surface area contributed by atoms with E-state index in [1.165, 1.54) is 0 Å². The molecule has 0 saturated carbocycles. The summed E-state index contributed by atoms with van der Waals surface area (Å²) in [6.45, 7) is 17.0. The molecule has 0 aliphatic rings. The molecule has 0 bridgehead atoms. The SMILES string of the molecule is CC(C)(N)CCOC(C)(C)CCC(=O)NCC(C)(C)CC(C)(C)CC(=O)O. The summed E-state index contributed by atoms with van der Waals surface area (Å²) in [6.07, 6.45) is 2.64. The van der Waals surface area contributed by atoms with Crippen LogP contribution in [0.25, 0.3) is 0 Å². The first-order chi connectivity index (χ1) is 11.9. The molecular formula is C21H42N2O4. The Labute approximate surface area is 165 Å². The third-order valence-electron chi connectivity index (χ3n) is 4.54. The summed E-state index contributed by atoms with van der Waals surface area (Å²) >= 11 is 0. The van der Waals surface area contributed by atoms with Gasteiger partial charge in [-0.25, -0.2) is 0 Å². The quantitative estimate of drug-likeness (QED) is 0.448. The first-order valence-corrected chi connectivity index (χ1v) is 9.85. The summed E-state index contributed by atoms with van der Waals surface area (Å²) in [5.41, 5.74) is 4.84. The first kappa shape index (κ1) is 25.9. The molecule has 6 heteroatoms. The third kappa shape index (κ3) is 14.6. The largest absolute Gasteiger partial charge is 0.481 e. The molecule has 160 valence electrons. The topological polar surface area (TPSA) is 102 Å². The molecule has 6 nitrogen and oxygen atoms in total. The maximum atomic E-state index is 12.2. The zero-order valence-electron chi connectivity index (χ0n) is 18.7. The number of carboxylic acid groups (broad SMARTS) is 1. The lowest BCUT2D eigenvalue weighted by atomic mass is 9.73. The number of ether oxygens (including phenoxy) is 1. The van der Waals surface area contributed by atoms with Crippen LogP contribution in [0, 0.1) is 10.8 Å². The predicted molar refractivity (Wildman–Crippen MR) is 110 cm³/mol. The van der Waals surface area contributed by atoms with Gasteiger partial charge in [-0.05, 0) is 57.8 Å². The summed E-state index contributed by atoms with van der Waals surface area (Å²) in [4.78, 5) is 23.2. The average Bonchev–Trinajstić information content (AvgIpc) is 2.38. The van der Waals surface area contributed by atoms with Gasteiger partial charge in [0.2, 0.25) is 5.91 Å². The highest BCUT2D eigenvalue weighted by Gasteiger charge is 2.31. The Balaban J connectivity index is 4.32. The number of carboxylic acids is 1. The highest BCUT2D eigenvalue weighted by Crippen LogP contribution is 2.35. The Bertz CT molecular complexity index is 491. The van der Waals surface area contributed by atoms with Gasteiger partial charge in [0.1, 0.15) is 0 Å². The van der Waals surface area contributed by atoms with Crippen molar-refractivity contribution in [1.82, 2.24) is 5.32 Å². The van der Waals surface area contributed by atoms with Crippen molar-refractivity contribution in [3.63, 3.8) is 0 Å². The minimum absolute atomic E-state index is 0.00468. The normalized spacial score (nSPS) is 13.5. The van der Waals surface area contributed by atoms with E-state index >= 15 is 0 Å². The van der Waals surface area contributed by atoms with Crippen molar-refractivity contribution in [1.29, 1.82) is 0 Å². The van der Waals surface area contributed by atoms with E-state index in [9.17, 15) is 9.59 Å². The zero-order chi connectivity index (χ0) is 21.5. The molecule has 0 aromatic rings. The van der Waals surface area contributed by atoms with E-state index in [0.29, 0.717) is 26.0 Å². The van der Waals surface area contributed by atoms with Crippen LogP contribution in [-0.2, 0) is 14.3 Å². The van der Waals surface area contributed by atoms with Crippen molar-refractivity contribution < 1.29 is 19.4 Å². The molecule has 0 fully saturated rings. The smallest absolute Gasteiger partial charge is 0.303 e. The lowest BCUT2D eigenvalue weighted by molar-refractivity contribution is -0.139. The molecule has 27 heavy (non-hydrogen) atoms. The number of carbonyl (C=O) groups excluding carboxylic acids is 1. The molecule has 0 aliphatic carbocycles. The minimum atomic E-state index is -0.792. The van der Waals surface area contributed by atoms with Gasteiger partial charge in [0.05, 0.1) is 12.0 Å². The fourth-order valence-electron chi connectivity index (χ4n) is 3.33. The van der Waals surface area contributed by atoms with Crippen molar-refractivity contribution in [3.05, 3.63) is 0 Å². The number of amides is 1.